The molecule has 1 heterocycles. The minimum absolute atomic E-state index is 0.221. The van der Waals surface area contributed by atoms with E-state index in [4.69, 9.17) is 0 Å². The number of aryl methyl sites for hydroxylation is 2. The van der Waals surface area contributed by atoms with Crippen molar-refractivity contribution in [2.75, 3.05) is 17.2 Å². The lowest BCUT2D eigenvalue weighted by Crippen LogP contribution is -2.17. The molecule has 5 heteroatoms. The molecule has 0 saturated carbocycles. The highest BCUT2D eigenvalue weighted by Crippen LogP contribution is 2.15. The van der Waals surface area contributed by atoms with Crippen molar-refractivity contribution in [2.45, 2.75) is 40.0 Å². The Morgan fingerprint density at radius 1 is 1.13 bits per heavy atom. The van der Waals surface area contributed by atoms with Crippen molar-refractivity contribution >= 4 is 17.5 Å². The molecule has 1 aromatic heterocycles. The Kier molecular flexibility index (Phi) is 6.09. The van der Waals surface area contributed by atoms with E-state index in [-0.39, 0.29) is 5.91 Å². The first-order valence-corrected chi connectivity index (χ1v) is 8.06. The van der Waals surface area contributed by atoms with Crippen LogP contribution in [-0.2, 0) is 0 Å². The van der Waals surface area contributed by atoms with E-state index in [0.717, 1.165) is 29.9 Å². The number of hydrogen-bond acceptors (Lipinski definition) is 4. The molecule has 0 saturated heterocycles. The molecule has 1 aromatic carbocycles. The molecule has 0 atom stereocenters. The molecule has 0 radical (unpaired) electrons. The fourth-order valence-corrected chi connectivity index (χ4v) is 2.24. The number of anilines is 2. The van der Waals surface area contributed by atoms with Gasteiger partial charge in [0.2, 0.25) is 5.95 Å². The van der Waals surface area contributed by atoms with Crippen LogP contribution in [0.15, 0.2) is 30.3 Å². The van der Waals surface area contributed by atoms with Crippen molar-refractivity contribution in [3.63, 3.8) is 0 Å². The lowest BCUT2D eigenvalue weighted by molar-refractivity contribution is 0.102. The van der Waals surface area contributed by atoms with Gasteiger partial charge in [-0.1, -0.05) is 38.0 Å². The van der Waals surface area contributed by atoms with E-state index in [2.05, 4.69) is 27.5 Å². The van der Waals surface area contributed by atoms with Gasteiger partial charge in [0.05, 0.1) is 0 Å². The van der Waals surface area contributed by atoms with Crippen LogP contribution in [0.5, 0.6) is 0 Å². The molecule has 0 aliphatic carbocycles. The summed E-state index contributed by atoms with van der Waals surface area (Å²) in [7, 11) is 0. The van der Waals surface area contributed by atoms with Gasteiger partial charge in [-0.3, -0.25) is 4.79 Å². The average Bonchev–Trinajstić information content (AvgIpc) is 2.53. The quantitative estimate of drug-likeness (QED) is 0.760. The van der Waals surface area contributed by atoms with E-state index in [9.17, 15) is 4.79 Å². The van der Waals surface area contributed by atoms with E-state index in [0.29, 0.717) is 11.6 Å². The first kappa shape index (κ1) is 16.9. The summed E-state index contributed by atoms with van der Waals surface area (Å²) < 4.78 is 0. The number of benzene rings is 1. The van der Waals surface area contributed by atoms with E-state index < -0.39 is 0 Å². The highest BCUT2D eigenvalue weighted by molar-refractivity contribution is 6.03. The fraction of sp³-hybridized carbons (Fsp3) is 0.389. The minimum Gasteiger partial charge on any atom is -0.354 e. The molecule has 0 aliphatic rings. The fourth-order valence-electron chi connectivity index (χ4n) is 2.24. The van der Waals surface area contributed by atoms with Crippen LogP contribution < -0.4 is 10.6 Å². The van der Waals surface area contributed by atoms with Crippen molar-refractivity contribution in [3.8, 4) is 0 Å². The predicted octanol–water partition coefficient (Wildman–Crippen LogP) is 3.95. The number of para-hydroxylation sites is 1. The zero-order valence-corrected chi connectivity index (χ0v) is 14.0. The van der Waals surface area contributed by atoms with Crippen molar-refractivity contribution < 1.29 is 4.79 Å². The normalized spacial score (nSPS) is 10.4. The summed E-state index contributed by atoms with van der Waals surface area (Å²) in [5.41, 5.74) is 2.96. The van der Waals surface area contributed by atoms with Gasteiger partial charge in [0.1, 0.15) is 5.69 Å². The van der Waals surface area contributed by atoms with Gasteiger partial charge < -0.3 is 10.6 Å². The maximum Gasteiger partial charge on any atom is 0.274 e. The summed E-state index contributed by atoms with van der Waals surface area (Å²) in [4.78, 5) is 21.1. The number of rotatable bonds is 7. The standard InChI is InChI=1S/C18H24N4O/c1-4-5-8-11-19-18-20-14(3)12-16(22-18)17(23)21-15-10-7-6-9-13(15)2/h6-7,9-10,12H,4-5,8,11H2,1-3H3,(H,21,23)(H,19,20,22). The molecule has 0 bridgehead atoms. The predicted molar refractivity (Wildman–Crippen MR) is 93.9 cm³/mol. The molecular formula is C18H24N4O. The van der Waals surface area contributed by atoms with Crippen LogP contribution >= 0.6 is 0 Å². The number of unbranched alkanes of at least 4 members (excludes halogenated alkanes) is 2. The summed E-state index contributed by atoms with van der Waals surface area (Å²) in [5.74, 6) is 0.289. The van der Waals surface area contributed by atoms with E-state index in [1.165, 1.54) is 12.8 Å². The number of amides is 1. The van der Waals surface area contributed by atoms with Crippen LogP contribution in [-0.4, -0.2) is 22.4 Å². The molecule has 0 fully saturated rings. The molecule has 2 N–H and O–H groups in total. The number of nitrogens with zero attached hydrogens (tertiary/aromatic N) is 2. The zero-order valence-electron chi connectivity index (χ0n) is 14.0. The van der Waals surface area contributed by atoms with Gasteiger partial charge in [0.15, 0.2) is 0 Å². The van der Waals surface area contributed by atoms with Crippen molar-refractivity contribution in [1.29, 1.82) is 0 Å². The second-order valence-electron chi connectivity index (χ2n) is 5.62. The van der Waals surface area contributed by atoms with Crippen LogP contribution in [0.3, 0.4) is 0 Å². The molecule has 2 rings (SSSR count). The molecule has 1 amide bonds. The highest BCUT2D eigenvalue weighted by Gasteiger charge is 2.11. The third kappa shape index (κ3) is 5.06. The zero-order chi connectivity index (χ0) is 16.7. The van der Waals surface area contributed by atoms with Crippen LogP contribution in [0.2, 0.25) is 0 Å². The maximum atomic E-state index is 12.4. The van der Waals surface area contributed by atoms with Gasteiger partial charge >= 0.3 is 0 Å². The Morgan fingerprint density at radius 2 is 1.91 bits per heavy atom. The third-order valence-corrected chi connectivity index (χ3v) is 3.54. The Bertz CT molecular complexity index is 670. The number of carbonyl (C=O) groups is 1. The monoisotopic (exact) mass is 312 g/mol. The Hall–Kier alpha value is -2.43. The summed E-state index contributed by atoms with van der Waals surface area (Å²) in [6.45, 7) is 6.80. The van der Waals surface area contributed by atoms with Crippen LogP contribution in [0.25, 0.3) is 0 Å². The van der Waals surface area contributed by atoms with Gasteiger partial charge in [-0.05, 0) is 38.0 Å². The number of aromatic nitrogens is 2. The summed E-state index contributed by atoms with van der Waals surface area (Å²) >= 11 is 0. The lowest BCUT2D eigenvalue weighted by Gasteiger charge is -2.10. The second-order valence-corrected chi connectivity index (χ2v) is 5.62. The second kappa shape index (κ2) is 8.27. The summed E-state index contributed by atoms with van der Waals surface area (Å²) in [5, 5.41) is 6.09. The Balaban J connectivity index is 2.08. The molecule has 2 aromatic rings. The SMILES string of the molecule is CCCCCNc1nc(C)cc(C(=O)Nc2ccccc2C)n1. The number of nitrogens with one attached hydrogen (secondary N) is 2. The lowest BCUT2D eigenvalue weighted by atomic mass is 10.2. The molecule has 0 aliphatic heterocycles. The highest BCUT2D eigenvalue weighted by atomic mass is 16.1. The molecule has 23 heavy (non-hydrogen) atoms. The van der Waals surface area contributed by atoms with Gasteiger partial charge in [0.25, 0.3) is 5.91 Å². The number of carbonyl (C=O) groups excluding carboxylic acids is 1. The molecule has 122 valence electrons. The maximum absolute atomic E-state index is 12.4. The molecule has 0 spiro atoms. The topological polar surface area (TPSA) is 66.9 Å². The van der Waals surface area contributed by atoms with Crippen LogP contribution in [0.4, 0.5) is 11.6 Å². The van der Waals surface area contributed by atoms with Crippen LogP contribution in [0.1, 0.15) is 47.9 Å². The van der Waals surface area contributed by atoms with Crippen molar-refractivity contribution in [3.05, 3.63) is 47.3 Å². The van der Waals surface area contributed by atoms with Gasteiger partial charge in [0, 0.05) is 17.9 Å². The van der Waals surface area contributed by atoms with Crippen molar-refractivity contribution in [1.82, 2.24) is 9.97 Å². The average molecular weight is 312 g/mol. The van der Waals surface area contributed by atoms with Gasteiger partial charge in [-0.25, -0.2) is 9.97 Å². The first-order valence-electron chi connectivity index (χ1n) is 8.06. The first-order chi connectivity index (χ1) is 11.1. The van der Waals surface area contributed by atoms with E-state index >= 15 is 0 Å². The summed E-state index contributed by atoms with van der Waals surface area (Å²) in [6.07, 6.45) is 3.40. The van der Waals surface area contributed by atoms with Crippen LogP contribution in [0, 0.1) is 13.8 Å². The van der Waals surface area contributed by atoms with Gasteiger partial charge in [-0.2, -0.15) is 0 Å². The number of hydrogen-bond donors (Lipinski definition) is 2. The van der Waals surface area contributed by atoms with Gasteiger partial charge in [-0.15, -0.1) is 0 Å². The Morgan fingerprint density at radius 3 is 2.65 bits per heavy atom. The summed E-state index contributed by atoms with van der Waals surface area (Å²) in [6, 6.07) is 9.38. The smallest absolute Gasteiger partial charge is 0.274 e. The van der Waals surface area contributed by atoms with E-state index in [1.54, 1.807) is 6.07 Å². The molecule has 5 nitrogen and oxygen atoms in total. The Labute approximate surface area is 137 Å². The largest absolute Gasteiger partial charge is 0.354 e. The van der Waals surface area contributed by atoms with E-state index in [1.807, 2.05) is 38.1 Å². The molecule has 0 unspecified atom stereocenters. The third-order valence-electron chi connectivity index (χ3n) is 3.54. The van der Waals surface area contributed by atoms with Crippen molar-refractivity contribution in [2.24, 2.45) is 0 Å². The minimum atomic E-state index is -0.221. The molecular weight excluding hydrogens is 288 g/mol.